The molecule has 3 heteroatoms. The summed E-state index contributed by atoms with van der Waals surface area (Å²) in [4.78, 5) is 2.02. The number of rotatable bonds is 4. The third-order valence-corrected chi connectivity index (χ3v) is 2.44. The summed E-state index contributed by atoms with van der Waals surface area (Å²) < 4.78 is 5.08. The van der Waals surface area contributed by atoms with E-state index in [1.165, 1.54) is 0 Å². The lowest BCUT2D eigenvalue weighted by Crippen LogP contribution is -2.30. The van der Waals surface area contributed by atoms with E-state index in [0.717, 1.165) is 24.4 Å². The molecule has 0 aliphatic rings. The molecule has 0 aliphatic heterocycles. The van der Waals surface area contributed by atoms with Crippen molar-refractivity contribution >= 4 is 5.84 Å². The van der Waals surface area contributed by atoms with E-state index < -0.39 is 0 Å². The van der Waals surface area contributed by atoms with Crippen molar-refractivity contribution in [3.8, 4) is 5.75 Å². The van der Waals surface area contributed by atoms with Gasteiger partial charge in [-0.2, -0.15) is 0 Å². The molecule has 1 aromatic rings. The highest BCUT2D eigenvalue weighted by molar-refractivity contribution is 5.96. The fourth-order valence-electron chi connectivity index (χ4n) is 1.47. The maximum absolute atomic E-state index is 8.00. The minimum atomic E-state index is 0.572. The van der Waals surface area contributed by atoms with Crippen LogP contribution in [0.2, 0.25) is 0 Å². The van der Waals surface area contributed by atoms with E-state index in [1.807, 2.05) is 29.2 Å². The molecule has 0 saturated carbocycles. The van der Waals surface area contributed by atoms with Crippen molar-refractivity contribution in [3.63, 3.8) is 0 Å². The molecule has 1 aromatic carbocycles. The molecular formula is C12H18N2O. The summed E-state index contributed by atoms with van der Waals surface area (Å²) in [6.45, 7) is 5.84. The van der Waals surface area contributed by atoms with Crippen LogP contribution in [0.1, 0.15) is 19.4 Å². The molecule has 1 rings (SSSR count). The maximum atomic E-state index is 8.00. The lowest BCUT2D eigenvalue weighted by Gasteiger charge is -2.21. The molecule has 0 heterocycles. The van der Waals surface area contributed by atoms with Crippen molar-refractivity contribution in [3.05, 3.63) is 29.8 Å². The van der Waals surface area contributed by atoms with Crippen LogP contribution in [-0.2, 0) is 0 Å². The van der Waals surface area contributed by atoms with Gasteiger partial charge in [-0.05, 0) is 38.1 Å². The highest BCUT2D eigenvalue weighted by Crippen LogP contribution is 2.12. The number of hydrogen-bond donors (Lipinski definition) is 1. The molecule has 0 aromatic heterocycles. The van der Waals surface area contributed by atoms with E-state index in [9.17, 15) is 0 Å². The van der Waals surface area contributed by atoms with Gasteiger partial charge in [0.25, 0.3) is 0 Å². The number of methoxy groups -OCH3 is 1. The van der Waals surface area contributed by atoms with Gasteiger partial charge < -0.3 is 9.64 Å². The van der Waals surface area contributed by atoms with E-state index in [4.69, 9.17) is 10.1 Å². The molecule has 0 spiro atoms. The molecule has 0 fully saturated rings. The Morgan fingerprint density at radius 2 is 1.73 bits per heavy atom. The zero-order valence-electron chi connectivity index (χ0n) is 9.58. The summed E-state index contributed by atoms with van der Waals surface area (Å²) in [5.74, 6) is 1.40. The van der Waals surface area contributed by atoms with Crippen molar-refractivity contribution in [2.24, 2.45) is 0 Å². The van der Waals surface area contributed by atoms with Gasteiger partial charge >= 0.3 is 0 Å². The van der Waals surface area contributed by atoms with Gasteiger partial charge in [-0.15, -0.1) is 0 Å². The van der Waals surface area contributed by atoms with Crippen LogP contribution in [0.15, 0.2) is 24.3 Å². The normalized spacial score (nSPS) is 9.80. The van der Waals surface area contributed by atoms with Crippen LogP contribution in [0.4, 0.5) is 0 Å². The molecule has 0 amide bonds. The Kier molecular flexibility index (Phi) is 4.16. The summed E-state index contributed by atoms with van der Waals surface area (Å²) in [7, 11) is 1.64. The van der Waals surface area contributed by atoms with Gasteiger partial charge in [-0.1, -0.05) is 0 Å². The van der Waals surface area contributed by atoms with Crippen molar-refractivity contribution in [2.45, 2.75) is 13.8 Å². The van der Waals surface area contributed by atoms with Crippen molar-refractivity contribution in [1.82, 2.24) is 4.90 Å². The Morgan fingerprint density at radius 3 is 2.13 bits per heavy atom. The standard InChI is InChI=1S/C12H18N2O/c1-4-14(5-2)12(13)10-6-8-11(15-3)9-7-10/h6-9,13H,4-5H2,1-3H3. The quantitative estimate of drug-likeness (QED) is 0.606. The molecule has 0 bridgehead atoms. The number of amidine groups is 1. The zero-order valence-corrected chi connectivity index (χ0v) is 9.58. The topological polar surface area (TPSA) is 36.3 Å². The van der Waals surface area contributed by atoms with Gasteiger partial charge in [-0.3, -0.25) is 5.41 Å². The van der Waals surface area contributed by atoms with Crippen molar-refractivity contribution in [1.29, 1.82) is 5.41 Å². The van der Waals surface area contributed by atoms with Gasteiger partial charge in [0.05, 0.1) is 7.11 Å². The minimum absolute atomic E-state index is 0.572. The highest BCUT2D eigenvalue weighted by atomic mass is 16.5. The number of nitrogens with zero attached hydrogens (tertiary/aromatic N) is 1. The molecular weight excluding hydrogens is 188 g/mol. The van der Waals surface area contributed by atoms with Crippen LogP contribution in [0, 0.1) is 5.41 Å². The van der Waals surface area contributed by atoms with E-state index in [2.05, 4.69) is 13.8 Å². The lowest BCUT2D eigenvalue weighted by molar-refractivity contribution is 0.414. The van der Waals surface area contributed by atoms with E-state index in [0.29, 0.717) is 5.84 Å². The molecule has 15 heavy (non-hydrogen) atoms. The Hall–Kier alpha value is -1.51. The third-order valence-electron chi connectivity index (χ3n) is 2.44. The molecule has 0 atom stereocenters. The monoisotopic (exact) mass is 206 g/mol. The van der Waals surface area contributed by atoms with E-state index in [-0.39, 0.29) is 0 Å². The number of benzene rings is 1. The van der Waals surface area contributed by atoms with Gasteiger partial charge in [0.1, 0.15) is 11.6 Å². The summed E-state index contributed by atoms with van der Waals surface area (Å²) in [6, 6.07) is 7.60. The van der Waals surface area contributed by atoms with Crippen LogP contribution in [0.5, 0.6) is 5.75 Å². The second-order valence-electron chi connectivity index (χ2n) is 3.25. The first-order valence-corrected chi connectivity index (χ1v) is 5.20. The minimum Gasteiger partial charge on any atom is -0.497 e. The highest BCUT2D eigenvalue weighted by Gasteiger charge is 2.07. The number of nitrogens with one attached hydrogen (secondary N) is 1. The summed E-state index contributed by atoms with van der Waals surface area (Å²) in [5, 5.41) is 8.00. The van der Waals surface area contributed by atoms with Crippen LogP contribution in [0.25, 0.3) is 0 Å². The fraction of sp³-hybridized carbons (Fsp3) is 0.417. The van der Waals surface area contributed by atoms with Crippen molar-refractivity contribution in [2.75, 3.05) is 20.2 Å². The molecule has 3 nitrogen and oxygen atoms in total. The van der Waals surface area contributed by atoms with Gasteiger partial charge in [0, 0.05) is 18.7 Å². The average Bonchev–Trinajstić information content (AvgIpc) is 2.30. The Balaban J connectivity index is 2.82. The van der Waals surface area contributed by atoms with Crippen LogP contribution < -0.4 is 4.74 Å². The predicted octanol–water partition coefficient (Wildman–Crippen LogP) is 2.36. The first-order valence-electron chi connectivity index (χ1n) is 5.20. The maximum Gasteiger partial charge on any atom is 0.128 e. The van der Waals surface area contributed by atoms with Crippen LogP contribution in [-0.4, -0.2) is 30.9 Å². The zero-order chi connectivity index (χ0) is 11.3. The molecule has 1 N–H and O–H groups in total. The number of ether oxygens (including phenoxy) is 1. The fourth-order valence-corrected chi connectivity index (χ4v) is 1.47. The van der Waals surface area contributed by atoms with Crippen LogP contribution in [0.3, 0.4) is 0 Å². The molecule has 0 aliphatic carbocycles. The first-order chi connectivity index (χ1) is 7.22. The SMILES string of the molecule is CCN(CC)C(=N)c1ccc(OC)cc1. The second kappa shape index (κ2) is 5.39. The summed E-state index contributed by atoms with van der Waals surface area (Å²) in [5.41, 5.74) is 0.930. The average molecular weight is 206 g/mol. The van der Waals surface area contributed by atoms with E-state index >= 15 is 0 Å². The van der Waals surface area contributed by atoms with Gasteiger partial charge in [0.2, 0.25) is 0 Å². The Bertz CT molecular complexity index is 315. The predicted molar refractivity (Wildman–Crippen MR) is 62.7 cm³/mol. The van der Waals surface area contributed by atoms with Crippen molar-refractivity contribution < 1.29 is 4.74 Å². The third kappa shape index (κ3) is 2.72. The summed E-state index contributed by atoms with van der Waals surface area (Å²) >= 11 is 0. The number of hydrogen-bond acceptors (Lipinski definition) is 2. The lowest BCUT2D eigenvalue weighted by atomic mass is 10.2. The Morgan fingerprint density at radius 1 is 1.20 bits per heavy atom. The molecule has 0 radical (unpaired) electrons. The molecule has 82 valence electrons. The van der Waals surface area contributed by atoms with Gasteiger partial charge in [-0.25, -0.2) is 0 Å². The largest absolute Gasteiger partial charge is 0.497 e. The Labute approximate surface area is 91.2 Å². The molecule has 0 unspecified atom stereocenters. The first kappa shape index (κ1) is 11.6. The second-order valence-corrected chi connectivity index (χ2v) is 3.25. The van der Waals surface area contributed by atoms with Gasteiger partial charge in [0.15, 0.2) is 0 Å². The van der Waals surface area contributed by atoms with Crippen LogP contribution >= 0.6 is 0 Å². The smallest absolute Gasteiger partial charge is 0.128 e. The summed E-state index contributed by atoms with van der Waals surface area (Å²) in [6.07, 6.45) is 0. The molecule has 0 saturated heterocycles. The van der Waals surface area contributed by atoms with E-state index in [1.54, 1.807) is 7.11 Å².